The number of likely N-dealkylation sites (tertiary alicyclic amines) is 2. The average molecular weight is 815 g/mol. The van der Waals surface area contributed by atoms with E-state index in [0.717, 1.165) is 62.6 Å². The molecular weight excluding hydrogens is 757 g/mol. The van der Waals surface area contributed by atoms with Gasteiger partial charge in [0.25, 0.3) is 0 Å². The molecule has 0 radical (unpaired) electrons. The molecule has 0 saturated carbocycles. The second-order valence-electron chi connectivity index (χ2n) is 16.9. The highest BCUT2D eigenvalue weighted by Crippen LogP contribution is 2.42. The number of sulfone groups is 2. The van der Waals surface area contributed by atoms with Crippen LogP contribution in [-0.4, -0.2) is 91.8 Å². The first kappa shape index (κ1) is 42.7. The van der Waals surface area contributed by atoms with Crippen molar-refractivity contribution in [1.29, 1.82) is 0 Å². The Morgan fingerprint density at radius 1 is 0.684 bits per heavy atom. The second kappa shape index (κ2) is 17.2. The van der Waals surface area contributed by atoms with E-state index >= 15 is 0 Å². The lowest BCUT2D eigenvalue weighted by atomic mass is 10.0. The van der Waals surface area contributed by atoms with Gasteiger partial charge in [-0.1, -0.05) is 72.8 Å². The third kappa shape index (κ3) is 8.93. The largest absolute Gasteiger partial charge is 0.458 e. The molecule has 57 heavy (non-hydrogen) atoms. The summed E-state index contributed by atoms with van der Waals surface area (Å²) in [5.41, 5.74) is 3.87. The van der Waals surface area contributed by atoms with Crippen molar-refractivity contribution in [3.8, 4) is 22.3 Å². The quantitative estimate of drug-likeness (QED) is 0.128. The summed E-state index contributed by atoms with van der Waals surface area (Å²) in [5.74, 6) is -1.57. The molecule has 2 heterocycles. The van der Waals surface area contributed by atoms with Gasteiger partial charge in [-0.15, -0.1) is 0 Å². The molecule has 6 rings (SSSR count). The maximum atomic E-state index is 14.9. The van der Waals surface area contributed by atoms with E-state index in [4.69, 9.17) is 4.74 Å². The summed E-state index contributed by atoms with van der Waals surface area (Å²) < 4.78 is 61.8. The molecule has 2 fully saturated rings. The fourth-order valence-electron chi connectivity index (χ4n) is 8.28. The molecule has 0 spiro atoms. The lowest BCUT2D eigenvalue weighted by Crippen LogP contribution is -2.61. The molecule has 4 unspecified atom stereocenters. The zero-order chi connectivity index (χ0) is 41.2. The summed E-state index contributed by atoms with van der Waals surface area (Å²) in [6.07, 6.45) is 4.47. The van der Waals surface area contributed by atoms with Gasteiger partial charge in [0.15, 0.2) is 0 Å². The molecule has 2 saturated heterocycles. The molecular formula is C46H58N2O7S2. The molecule has 0 aliphatic carbocycles. The molecule has 0 aromatic heterocycles. The first-order valence-corrected chi connectivity index (χ1v) is 23.2. The van der Waals surface area contributed by atoms with E-state index in [-0.39, 0.29) is 0 Å². The van der Waals surface area contributed by atoms with E-state index in [0.29, 0.717) is 23.2 Å². The number of esters is 1. The standard InChI is InChI=1S/C46H58N2O7S2/c1-33-10-8-28-47(33)30-26-36-14-18-38(19-15-36)39-22-24-42(25-23-39)56(51,52)46(35(3)49,44(50)55-45(4,5)6)57(53,54)43-13-7-12-41(32-43)40-20-16-37(17-21-40)27-31-48-29-9-11-34(48)2/h7,12-25,32-35,49H,8-11,26-31H2,1-6H3. The zero-order valence-corrected chi connectivity index (χ0v) is 35.8. The van der Waals surface area contributed by atoms with E-state index in [1.165, 1.54) is 82.3 Å². The van der Waals surface area contributed by atoms with Gasteiger partial charge in [-0.05, 0) is 151 Å². The Morgan fingerprint density at radius 2 is 1.12 bits per heavy atom. The van der Waals surface area contributed by atoms with Gasteiger partial charge in [0.2, 0.25) is 19.7 Å². The lowest BCUT2D eigenvalue weighted by molar-refractivity contribution is -0.157. The minimum absolute atomic E-state index is 0.432. The third-order valence-electron chi connectivity index (χ3n) is 11.7. The number of aliphatic hydroxyl groups is 1. The molecule has 2 aliphatic rings. The van der Waals surface area contributed by atoms with Crippen molar-refractivity contribution in [1.82, 2.24) is 9.80 Å². The van der Waals surface area contributed by atoms with Gasteiger partial charge in [-0.2, -0.15) is 0 Å². The fraction of sp³-hybridized carbons (Fsp3) is 0.457. The van der Waals surface area contributed by atoms with E-state index in [9.17, 15) is 26.7 Å². The van der Waals surface area contributed by atoms with Crippen molar-refractivity contribution in [2.75, 3.05) is 26.2 Å². The Kier molecular flexibility index (Phi) is 12.9. The highest BCUT2D eigenvalue weighted by molar-refractivity contribution is 8.11. The first-order chi connectivity index (χ1) is 26.9. The average Bonchev–Trinajstić information content (AvgIpc) is 3.79. The van der Waals surface area contributed by atoms with Crippen LogP contribution < -0.4 is 0 Å². The van der Waals surface area contributed by atoms with Gasteiger partial charge in [0.05, 0.1) is 15.9 Å². The minimum atomic E-state index is -5.21. The van der Waals surface area contributed by atoms with Crippen molar-refractivity contribution in [3.05, 3.63) is 108 Å². The molecule has 0 bridgehead atoms. The van der Waals surface area contributed by atoms with E-state index in [1.54, 1.807) is 18.2 Å². The predicted molar refractivity (Wildman–Crippen MR) is 226 cm³/mol. The first-order valence-electron chi connectivity index (χ1n) is 20.2. The second-order valence-corrected chi connectivity index (χ2v) is 21.4. The van der Waals surface area contributed by atoms with Gasteiger partial charge < -0.3 is 19.6 Å². The van der Waals surface area contributed by atoms with Crippen molar-refractivity contribution < 1.29 is 31.5 Å². The molecule has 0 amide bonds. The summed E-state index contributed by atoms with van der Waals surface area (Å²) in [5, 5.41) is 11.4. The third-order valence-corrected chi connectivity index (χ3v) is 17.4. The normalized spacial score (nSPS) is 20.0. The van der Waals surface area contributed by atoms with Crippen LogP contribution in [0.2, 0.25) is 0 Å². The number of hydrogen-bond acceptors (Lipinski definition) is 9. The molecule has 306 valence electrons. The van der Waals surface area contributed by atoms with Crippen molar-refractivity contribution in [2.24, 2.45) is 0 Å². The van der Waals surface area contributed by atoms with E-state index in [1.807, 2.05) is 36.4 Å². The zero-order valence-electron chi connectivity index (χ0n) is 34.1. The Hall–Kier alpha value is -3.87. The fourth-order valence-corrected chi connectivity index (χ4v) is 13.2. The lowest BCUT2D eigenvalue weighted by Gasteiger charge is -2.35. The summed E-state index contributed by atoms with van der Waals surface area (Å²) in [4.78, 5) is 18.4. The maximum absolute atomic E-state index is 14.9. The van der Waals surface area contributed by atoms with E-state index < -0.39 is 51.2 Å². The topological polar surface area (TPSA) is 121 Å². The van der Waals surface area contributed by atoms with Crippen LogP contribution in [0, 0.1) is 0 Å². The summed E-state index contributed by atoms with van der Waals surface area (Å²) in [6, 6.07) is 28.7. The van der Waals surface area contributed by atoms with Crippen LogP contribution in [0.15, 0.2) is 107 Å². The Labute approximate surface area is 339 Å². The molecule has 9 nitrogen and oxygen atoms in total. The van der Waals surface area contributed by atoms with Crippen LogP contribution in [-0.2, 0) is 42.0 Å². The SMILES string of the molecule is CC1CCCN1CCc1ccc(-c2ccc(S(=O)(=O)C(C(=O)OC(C)(C)C)(C(C)O)S(=O)(=O)c3cccc(-c4ccc(CCN5CCCC5C)cc4)c3)cc2)cc1. The van der Waals surface area contributed by atoms with Crippen LogP contribution >= 0.6 is 0 Å². The minimum Gasteiger partial charge on any atom is -0.458 e. The molecule has 2 aliphatic heterocycles. The molecule has 4 atom stereocenters. The Bertz CT molecular complexity index is 2230. The smallest absolute Gasteiger partial charge is 0.347 e. The van der Waals surface area contributed by atoms with Crippen molar-refractivity contribution in [3.63, 3.8) is 0 Å². The van der Waals surface area contributed by atoms with Crippen molar-refractivity contribution in [2.45, 2.75) is 118 Å². The molecule has 11 heteroatoms. The number of rotatable bonds is 14. The van der Waals surface area contributed by atoms with Crippen LogP contribution in [0.4, 0.5) is 0 Å². The summed E-state index contributed by atoms with van der Waals surface area (Å²) in [6.45, 7) is 14.3. The maximum Gasteiger partial charge on any atom is 0.347 e. The number of hydrogen-bond donors (Lipinski definition) is 1. The molecule has 1 N–H and O–H groups in total. The monoisotopic (exact) mass is 814 g/mol. The van der Waals surface area contributed by atoms with Gasteiger partial charge in [0, 0.05) is 25.2 Å². The van der Waals surface area contributed by atoms with Gasteiger partial charge in [0.1, 0.15) is 5.60 Å². The number of carbonyl (C=O) groups is 1. The highest BCUT2D eigenvalue weighted by atomic mass is 32.3. The number of nitrogens with zero attached hydrogens (tertiary/aromatic N) is 2. The van der Waals surface area contributed by atoms with Crippen LogP contribution in [0.25, 0.3) is 22.3 Å². The molecule has 4 aromatic rings. The van der Waals surface area contributed by atoms with Crippen LogP contribution in [0.3, 0.4) is 0 Å². The van der Waals surface area contributed by atoms with Crippen LogP contribution in [0.5, 0.6) is 0 Å². The van der Waals surface area contributed by atoms with Gasteiger partial charge >= 0.3 is 10.0 Å². The highest BCUT2D eigenvalue weighted by Gasteiger charge is 2.67. The van der Waals surface area contributed by atoms with Crippen LogP contribution in [0.1, 0.15) is 78.4 Å². The van der Waals surface area contributed by atoms with Crippen molar-refractivity contribution >= 4 is 25.6 Å². The summed E-state index contributed by atoms with van der Waals surface area (Å²) in [7, 11) is -10.4. The number of carbonyl (C=O) groups excluding carboxylic acids is 1. The van der Waals surface area contributed by atoms with E-state index in [2.05, 4.69) is 35.8 Å². The Morgan fingerprint density at radius 3 is 1.54 bits per heavy atom. The number of aliphatic hydroxyl groups excluding tert-OH is 1. The van der Waals surface area contributed by atoms with Gasteiger partial charge in [-0.3, -0.25) is 0 Å². The molecule has 4 aromatic carbocycles. The number of ether oxygens (including phenoxy) is 1. The van der Waals surface area contributed by atoms with Gasteiger partial charge in [-0.25, -0.2) is 21.6 Å². The Balaban J connectivity index is 1.30. The number of benzene rings is 4. The summed E-state index contributed by atoms with van der Waals surface area (Å²) >= 11 is 0. The predicted octanol–water partition coefficient (Wildman–Crippen LogP) is 7.74.